The van der Waals surface area contributed by atoms with Crippen molar-refractivity contribution in [1.82, 2.24) is 29.5 Å². The fourth-order valence-electron chi connectivity index (χ4n) is 3.67. The summed E-state index contributed by atoms with van der Waals surface area (Å²) in [5.74, 6) is 1.04. The van der Waals surface area contributed by atoms with Crippen molar-refractivity contribution in [3.05, 3.63) is 48.1 Å². The van der Waals surface area contributed by atoms with Crippen LogP contribution in [-0.4, -0.2) is 68.9 Å². The first-order valence-electron chi connectivity index (χ1n) is 9.62. The van der Waals surface area contributed by atoms with Crippen molar-refractivity contribution in [2.24, 2.45) is 0 Å². The third-order valence-electron chi connectivity index (χ3n) is 5.25. The quantitative estimate of drug-likeness (QED) is 0.685. The average molecular weight is 396 g/mol. The van der Waals surface area contributed by atoms with Gasteiger partial charge in [-0.3, -0.25) is 0 Å². The molecule has 0 saturated carbocycles. The van der Waals surface area contributed by atoms with Gasteiger partial charge in [0, 0.05) is 43.5 Å². The highest BCUT2D eigenvalue weighted by atomic mass is 19.1. The van der Waals surface area contributed by atoms with E-state index in [0.717, 1.165) is 29.1 Å². The van der Waals surface area contributed by atoms with Crippen LogP contribution in [0.4, 0.5) is 16.2 Å². The number of rotatable bonds is 5. The minimum Gasteiger partial charge on any atom is -0.372 e. The van der Waals surface area contributed by atoms with Gasteiger partial charge >= 0.3 is 0 Å². The molecule has 1 fully saturated rings. The number of aromatic nitrogens is 5. The Balaban J connectivity index is 1.63. The number of aryl methyl sites for hydroxylation is 1. The van der Waals surface area contributed by atoms with Crippen molar-refractivity contribution < 1.29 is 4.39 Å². The Kier molecular flexibility index (Phi) is 5.14. The molecule has 0 radical (unpaired) electrons. The van der Waals surface area contributed by atoms with Gasteiger partial charge in [0.05, 0.1) is 23.6 Å². The molecule has 1 aliphatic heterocycles. The maximum Gasteiger partial charge on any atom is 0.225 e. The topological polar surface area (TPSA) is 83.3 Å². The Hall–Kier alpha value is -3.07. The summed E-state index contributed by atoms with van der Waals surface area (Å²) < 4.78 is 16.1. The van der Waals surface area contributed by atoms with Crippen LogP contribution in [0.3, 0.4) is 0 Å². The van der Waals surface area contributed by atoms with Crippen molar-refractivity contribution in [3.63, 3.8) is 0 Å². The molecular weight excluding hydrogens is 371 g/mol. The number of hydrogen-bond donors (Lipinski definition) is 2. The van der Waals surface area contributed by atoms with Crippen molar-refractivity contribution in [1.29, 1.82) is 0 Å². The van der Waals surface area contributed by atoms with E-state index < -0.39 is 6.17 Å². The summed E-state index contributed by atoms with van der Waals surface area (Å²) in [6.45, 7) is 7.37. The van der Waals surface area contributed by atoms with Gasteiger partial charge in [0.25, 0.3) is 0 Å². The Morgan fingerprint density at radius 2 is 2.10 bits per heavy atom. The summed E-state index contributed by atoms with van der Waals surface area (Å²) in [6.07, 6.45) is 3.29. The maximum atomic E-state index is 14.4. The van der Waals surface area contributed by atoms with Gasteiger partial charge in [0.15, 0.2) is 5.65 Å². The van der Waals surface area contributed by atoms with Crippen LogP contribution in [0.15, 0.2) is 31.1 Å². The van der Waals surface area contributed by atoms with E-state index in [1.807, 2.05) is 37.2 Å². The van der Waals surface area contributed by atoms with Gasteiger partial charge in [-0.1, -0.05) is 6.58 Å². The van der Waals surface area contributed by atoms with Crippen molar-refractivity contribution >= 4 is 23.0 Å². The van der Waals surface area contributed by atoms with E-state index >= 15 is 0 Å². The third-order valence-corrected chi connectivity index (χ3v) is 5.25. The zero-order valence-electron chi connectivity index (χ0n) is 16.9. The van der Waals surface area contributed by atoms with Gasteiger partial charge in [-0.25, -0.2) is 18.9 Å². The molecule has 9 heteroatoms. The van der Waals surface area contributed by atoms with E-state index in [0.29, 0.717) is 30.3 Å². The Morgan fingerprint density at radius 3 is 2.86 bits per heavy atom. The molecule has 1 aliphatic rings. The molecule has 4 heterocycles. The number of fused-ring (bicyclic) bond motifs is 1. The van der Waals surface area contributed by atoms with Crippen LogP contribution in [0.1, 0.15) is 23.4 Å². The van der Waals surface area contributed by atoms with Crippen molar-refractivity contribution in [2.75, 3.05) is 37.8 Å². The van der Waals surface area contributed by atoms with Gasteiger partial charge in [-0.05, 0) is 26.5 Å². The number of piperidine rings is 1. The minimum absolute atomic E-state index is 0.296. The van der Waals surface area contributed by atoms with Gasteiger partial charge in [-0.15, -0.1) is 0 Å². The molecule has 2 N–H and O–H groups in total. The Morgan fingerprint density at radius 1 is 1.28 bits per heavy atom. The molecule has 0 spiro atoms. The molecule has 3 aromatic rings. The average Bonchev–Trinajstić information content (AvgIpc) is 3.17. The Bertz CT molecular complexity index is 1050. The molecule has 2 atom stereocenters. The van der Waals surface area contributed by atoms with E-state index in [-0.39, 0.29) is 6.04 Å². The second-order valence-electron chi connectivity index (χ2n) is 7.35. The summed E-state index contributed by atoms with van der Waals surface area (Å²) >= 11 is 0. The zero-order chi connectivity index (χ0) is 20.5. The second kappa shape index (κ2) is 7.75. The fraction of sp³-hybridized carbons (Fsp3) is 0.400. The maximum absolute atomic E-state index is 14.4. The van der Waals surface area contributed by atoms with Crippen LogP contribution in [0.25, 0.3) is 11.2 Å². The molecule has 0 aromatic carbocycles. The van der Waals surface area contributed by atoms with Crippen molar-refractivity contribution in [3.8, 4) is 0 Å². The van der Waals surface area contributed by atoms with E-state index in [1.54, 1.807) is 17.8 Å². The second-order valence-corrected chi connectivity index (χ2v) is 7.35. The SMILES string of the molecule is C=C(c1ccn2nccc2n1)c1c(C)nc(NC2CCN(C)C[C@@H]2F)nc1NC. The number of nitrogens with one attached hydrogen (secondary N) is 2. The molecule has 3 aromatic heterocycles. The largest absolute Gasteiger partial charge is 0.372 e. The Labute approximate surface area is 168 Å². The first-order valence-corrected chi connectivity index (χ1v) is 9.62. The van der Waals surface area contributed by atoms with E-state index in [9.17, 15) is 4.39 Å². The smallest absolute Gasteiger partial charge is 0.225 e. The van der Waals surface area contributed by atoms with E-state index in [2.05, 4.69) is 37.3 Å². The van der Waals surface area contributed by atoms with Crippen LogP contribution < -0.4 is 10.6 Å². The molecule has 4 rings (SSSR count). The lowest BCUT2D eigenvalue weighted by Gasteiger charge is -2.32. The summed E-state index contributed by atoms with van der Waals surface area (Å²) in [6, 6.07) is 3.40. The van der Waals surface area contributed by atoms with Crippen LogP contribution >= 0.6 is 0 Å². The highest BCUT2D eigenvalue weighted by Crippen LogP contribution is 2.30. The van der Waals surface area contributed by atoms with Gasteiger partial charge in [-0.2, -0.15) is 10.1 Å². The summed E-state index contributed by atoms with van der Waals surface area (Å²) in [5, 5.41) is 10.5. The van der Waals surface area contributed by atoms with Gasteiger partial charge < -0.3 is 15.5 Å². The zero-order valence-corrected chi connectivity index (χ0v) is 16.9. The standard InChI is InChI=1S/C20H25FN8/c1-12(15-7-10-29-17(25-15)5-8-23-29)18-13(2)24-20(27-19(18)22-3)26-16-6-9-28(4)11-14(16)21/h5,7-8,10,14,16H,1,6,9,11H2,2-4H3,(H2,22,24,26,27)/t14-,16?/m0/s1. The number of likely N-dealkylation sites (tertiary alicyclic amines) is 1. The summed E-state index contributed by atoms with van der Waals surface area (Å²) in [7, 11) is 3.72. The minimum atomic E-state index is -0.961. The third kappa shape index (κ3) is 3.77. The number of hydrogen-bond acceptors (Lipinski definition) is 7. The molecule has 0 aliphatic carbocycles. The highest BCUT2D eigenvalue weighted by molar-refractivity contribution is 5.84. The first kappa shape index (κ1) is 19.3. The number of halogens is 1. The number of anilines is 2. The van der Waals surface area contributed by atoms with Crippen LogP contribution in [-0.2, 0) is 0 Å². The molecule has 0 bridgehead atoms. The lowest BCUT2D eigenvalue weighted by Crippen LogP contribution is -2.46. The van der Waals surface area contributed by atoms with Crippen LogP contribution in [0.5, 0.6) is 0 Å². The summed E-state index contributed by atoms with van der Waals surface area (Å²) in [4.78, 5) is 15.8. The molecule has 1 saturated heterocycles. The van der Waals surface area contributed by atoms with E-state index in [4.69, 9.17) is 0 Å². The van der Waals surface area contributed by atoms with E-state index in [1.165, 1.54) is 0 Å². The van der Waals surface area contributed by atoms with Crippen molar-refractivity contribution in [2.45, 2.75) is 25.6 Å². The van der Waals surface area contributed by atoms with Gasteiger partial charge in [0.2, 0.25) is 5.95 Å². The predicted octanol–water partition coefficient (Wildman–Crippen LogP) is 2.39. The molecule has 29 heavy (non-hydrogen) atoms. The predicted molar refractivity (Wildman–Crippen MR) is 112 cm³/mol. The first-order chi connectivity index (χ1) is 14.0. The van der Waals surface area contributed by atoms with Gasteiger partial charge in [0.1, 0.15) is 12.0 Å². The molecule has 152 valence electrons. The number of nitrogens with zero attached hydrogens (tertiary/aromatic N) is 6. The molecular formula is C20H25FN8. The van der Waals surface area contributed by atoms with Crippen LogP contribution in [0.2, 0.25) is 0 Å². The lowest BCUT2D eigenvalue weighted by molar-refractivity contribution is 0.149. The molecule has 1 unspecified atom stereocenters. The monoisotopic (exact) mass is 396 g/mol. The molecule has 8 nitrogen and oxygen atoms in total. The highest BCUT2D eigenvalue weighted by Gasteiger charge is 2.28. The molecule has 0 amide bonds. The number of alkyl halides is 1. The fourth-order valence-corrected chi connectivity index (χ4v) is 3.67. The normalized spacial score (nSPS) is 20.0. The lowest BCUT2D eigenvalue weighted by atomic mass is 10.0. The van der Waals surface area contributed by atoms with Crippen LogP contribution in [0, 0.1) is 6.92 Å². The summed E-state index contributed by atoms with van der Waals surface area (Å²) in [5.41, 5.74) is 3.71.